The fourth-order valence-corrected chi connectivity index (χ4v) is 3.21. The first-order chi connectivity index (χ1) is 10.2. The van der Waals surface area contributed by atoms with E-state index < -0.39 is 0 Å². The Hall–Kier alpha value is -1.51. The summed E-state index contributed by atoms with van der Waals surface area (Å²) in [6, 6.07) is 8.26. The smallest absolute Gasteiger partial charge is 0.222 e. The van der Waals surface area contributed by atoms with Gasteiger partial charge in [-0.05, 0) is 30.9 Å². The molecule has 0 heterocycles. The van der Waals surface area contributed by atoms with Crippen LogP contribution in [0.4, 0.5) is 5.69 Å². The van der Waals surface area contributed by atoms with Crippen LogP contribution >= 0.6 is 0 Å². The van der Waals surface area contributed by atoms with Crippen LogP contribution in [0.1, 0.15) is 56.9 Å². The number of benzene rings is 1. The minimum atomic E-state index is 0.254. The topological polar surface area (TPSA) is 46.3 Å². The number of para-hydroxylation sites is 1. The van der Waals surface area contributed by atoms with E-state index in [0.29, 0.717) is 12.5 Å². The van der Waals surface area contributed by atoms with Gasteiger partial charge in [0.05, 0.1) is 0 Å². The molecular weight excluding hydrogens is 260 g/mol. The number of aryl methyl sites for hydroxylation is 1. The van der Waals surface area contributed by atoms with Gasteiger partial charge in [-0.1, -0.05) is 50.3 Å². The molecule has 0 aliphatic heterocycles. The average molecular weight is 288 g/mol. The van der Waals surface area contributed by atoms with Crippen molar-refractivity contribution in [2.24, 2.45) is 0 Å². The Morgan fingerprint density at radius 2 is 1.76 bits per heavy atom. The highest BCUT2D eigenvalue weighted by molar-refractivity contribution is 5.76. The number of hydrogen-bond acceptors (Lipinski definition) is 2. The van der Waals surface area contributed by atoms with Crippen molar-refractivity contribution >= 4 is 11.6 Å². The van der Waals surface area contributed by atoms with Crippen molar-refractivity contribution < 1.29 is 4.79 Å². The van der Waals surface area contributed by atoms with Crippen molar-refractivity contribution in [3.05, 3.63) is 29.8 Å². The minimum Gasteiger partial charge on any atom is -0.399 e. The van der Waals surface area contributed by atoms with Gasteiger partial charge in [0.1, 0.15) is 0 Å². The highest BCUT2D eigenvalue weighted by Crippen LogP contribution is 2.21. The summed E-state index contributed by atoms with van der Waals surface area (Å²) in [4.78, 5) is 14.4. The van der Waals surface area contributed by atoms with Gasteiger partial charge in [-0.15, -0.1) is 0 Å². The molecular formula is C18H28N2O. The van der Waals surface area contributed by atoms with Crippen LogP contribution in [-0.4, -0.2) is 23.9 Å². The maximum absolute atomic E-state index is 12.4. The summed E-state index contributed by atoms with van der Waals surface area (Å²) in [6.07, 6.45) is 10.1. The Kier molecular flexibility index (Phi) is 6.09. The molecule has 1 aromatic carbocycles. The van der Waals surface area contributed by atoms with Crippen molar-refractivity contribution in [1.29, 1.82) is 0 Å². The number of nitrogens with two attached hydrogens (primary N) is 1. The lowest BCUT2D eigenvalue weighted by Gasteiger charge is -2.30. The molecule has 1 aliphatic carbocycles. The van der Waals surface area contributed by atoms with E-state index in [0.717, 1.165) is 30.5 Å². The number of anilines is 1. The molecule has 0 spiro atoms. The van der Waals surface area contributed by atoms with Crippen molar-refractivity contribution in [2.45, 2.75) is 63.8 Å². The lowest BCUT2D eigenvalue weighted by atomic mass is 9.95. The number of hydrogen-bond donors (Lipinski definition) is 1. The third-order valence-corrected chi connectivity index (χ3v) is 4.68. The van der Waals surface area contributed by atoms with Gasteiger partial charge in [0.2, 0.25) is 5.91 Å². The summed E-state index contributed by atoms with van der Waals surface area (Å²) in [5.74, 6) is 0.254. The van der Waals surface area contributed by atoms with Crippen LogP contribution in [0.25, 0.3) is 0 Å². The molecule has 0 unspecified atom stereocenters. The van der Waals surface area contributed by atoms with Gasteiger partial charge in [-0.3, -0.25) is 4.79 Å². The van der Waals surface area contributed by atoms with E-state index in [9.17, 15) is 4.79 Å². The van der Waals surface area contributed by atoms with Gasteiger partial charge in [-0.25, -0.2) is 0 Å². The van der Waals surface area contributed by atoms with Gasteiger partial charge in [-0.2, -0.15) is 0 Å². The van der Waals surface area contributed by atoms with E-state index in [-0.39, 0.29) is 5.91 Å². The monoisotopic (exact) mass is 288 g/mol. The number of amides is 1. The highest BCUT2D eigenvalue weighted by Gasteiger charge is 2.20. The molecule has 0 aromatic heterocycles. The van der Waals surface area contributed by atoms with E-state index in [1.165, 1.54) is 32.1 Å². The minimum absolute atomic E-state index is 0.254. The van der Waals surface area contributed by atoms with E-state index >= 15 is 0 Å². The number of nitrogens with zero attached hydrogens (tertiary/aromatic N) is 1. The molecule has 1 saturated carbocycles. The molecule has 1 aromatic rings. The third kappa shape index (κ3) is 4.76. The number of carbonyl (C=O) groups is 1. The summed E-state index contributed by atoms with van der Waals surface area (Å²) in [7, 11) is 1.98. The quantitative estimate of drug-likeness (QED) is 0.857. The first-order valence-electron chi connectivity index (χ1n) is 8.27. The van der Waals surface area contributed by atoms with Crippen LogP contribution < -0.4 is 5.73 Å². The number of nitrogen functional groups attached to an aromatic ring is 1. The summed E-state index contributed by atoms with van der Waals surface area (Å²) >= 11 is 0. The summed E-state index contributed by atoms with van der Waals surface area (Å²) in [5.41, 5.74) is 7.81. The van der Waals surface area contributed by atoms with Crippen molar-refractivity contribution in [3.8, 4) is 0 Å². The Labute approximate surface area is 128 Å². The standard InChI is InChI=1S/C18H28N2O/c1-20(16-10-5-3-2-4-6-11-16)18(21)14-13-15-9-7-8-12-17(15)19/h7-9,12,16H,2-6,10-11,13-14,19H2,1H3. The molecule has 1 aliphatic rings. The van der Waals surface area contributed by atoms with Crippen molar-refractivity contribution in [3.63, 3.8) is 0 Å². The van der Waals surface area contributed by atoms with E-state index in [1.807, 2.05) is 36.2 Å². The van der Waals surface area contributed by atoms with Crippen LogP contribution in [0.2, 0.25) is 0 Å². The first kappa shape index (κ1) is 15.9. The zero-order chi connectivity index (χ0) is 15.1. The molecule has 0 bridgehead atoms. The molecule has 0 saturated heterocycles. The van der Waals surface area contributed by atoms with Gasteiger partial charge < -0.3 is 10.6 Å². The molecule has 3 heteroatoms. The van der Waals surface area contributed by atoms with Gasteiger partial charge in [0.15, 0.2) is 0 Å². The Morgan fingerprint density at radius 1 is 1.14 bits per heavy atom. The fourth-order valence-electron chi connectivity index (χ4n) is 3.21. The molecule has 21 heavy (non-hydrogen) atoms. The zero-order valence-electron chi connectivity index (χ0n) is 13.2. The lowest BCUT2D eigenvalue weighted by molar-refractivity contribution is -0.132. The Bertz CT molecular complexity index is 450. The van der Waals surface area contributed by atoms with Crippen LogP contribution in [0.5, 0.6) is 0 Å². The number of carbonyl (C=O) groups excluding carboxylic acids is 1. The van der Waals surface area contributed by atoms with E-state index in [2.05, 4.69) is 0 Å². The largest absolute Gasteiger partial charge is 0.399 e. The van der Waals surface area contributed by atoms with Crippen LogP contribution in [-0.2, 0) is 11.2 Å². The van der Waals surface area contributed by atoms with Crippen LogP contribution in [0, 0.1) is 0 Å². The summed E-state index contributed by atoms with van der Waals surface area (Å²) in [6.45, 7) is 0. The summed E-state index contributed by atoms with van der Waals surface area (Å²) in [5, 5.41) is 0. The third-order valence-electron chi connectivity index (χ3n) is 4.68. The molecule has 3 nitrogen and oxygen atoms in total. The molecule has 1 fully saturated rings. The van der Waals surface area contributed by atoms with Gasteiger partial charge in [0, 0.05) is 25.2 Å². The van der Waals surface area contributed by atoms with E-state index in [4.69, 9.17) is 5.73 Å². The molecule has 0 radical (unpaired) electrons. The second-order valence-corrected chi connectivity index (χ2v) is 6.20. The van der Waals surface area contributed by atoms with Crippen LogP contribution in [0.3, 0.4) is 0 Å². The van der Waals surface area contributed by atoms with Crippen molar-refractivity contribution in [1.82, 2.24) is 4.90 Å². The lowest BCUT2D eigenvalue weighted by Crippen LogP contribution is -2.37. The Balaban J connectivity index is 1.85. The molecule has 1 amide bonds. The number of rotatable bonds is 4. The van der Waals surface area contributed by atoms with Gasteiger partial charge in [0.25, 0.3) is 0 Å². The van der Waals surface area contributed by atoms with Gasteiger partial charge >= 0.3 is 0 Å². The Morgan fingerprint density at radius 3 is 2.43 bits per heavy atom. The highest BCUT2D eigenvalue weighted by atomic mass is 16.2. The van der Waals surface area contributed by atoms with Crippen molar-refractivity contribution in [2.75, 3.05) is 12.8 Å². The second-order valence-electron chi connectivity index (χ2n) is 6.20. The average Bonchev–Trinajstić information content (AvgIpc) is 2.45. The predicted molar refractivity (Wildman–Crippen MR) is 88.1 cm³/mol. The predicted octanol–water partition coefficient (Wildman–Crippen LogP) is 3.77. The molecule has 0 atom stereocenters. The molecule has 116 valence electrons. The fraction of sp³-hybridized carbons (Fsp3) is 0.611. The first-order valence-corrected chi connectivity index (χ1v) is 8.27. The molecule has 2 rings (SSSR count). The van der Waals surface area contributed by atoms with E-state index in [1.54, 1.807) is 0 Å². The normalized spacial score (nSPS) is 17.0. The van der Waals surface area contributed by atoms with Crippen LogP contribution in [0.15, 0.2) is 24.3 Å². The maximum Gasteiger partial charge on any atom is 0.222 e. The molecule has 2 N–H and O–H groups in total. The summed E-state index contributed by atoms with van der Waals surface area (Å²) < 4.78 is 0. The SMILES string of the molecule is CN(C(=O)CCc1ccccc1N)C1CCCCCCC1. The second kappa shape index (κ2) is 8.06. The maximum atomic E-state index is 12.4. The zero-order valence-corrected chi connectivity index (χ0v) is 13.2.